The molecule has 2 aliphatic heterocycles. The minimum atomic E-state index is -0.338. The molecule has 13 atom stereocenters. The highest BCUT2D eigenvalue weighted by molar-refractivity contribution is 5.16. The number of fused-ring (bicyclic) bond motifs is 7. The van der Waals surface area contributed by atoms with Crippen LogP contribution in [0.4, 0.5) is 0 Å². The molecule has 4 aliphatic carbocycles. The fraction of sp³-hybridized carbons (Fsp3) is 1.00. The van der Waals surface area contributed by atoms with E-state index in [4.69, 9.17) is 9.47 Å². The number of hydrogen-bond donors (Lipinski definition) is 2. The summed E-state index contributed by atoms with van der Waals surface area (Å²) < 4.78 is 13.3. The molecule has 6 rings (SSSR count). The topological polar surface area (TPSA) is 58.9 Å². The van der Waals surface area contributed by atoms with Crippen molar-refractivity contribution < 1.29 is 19.7 Å². The summed E-state index contributed by atoms with van der Waals surface area (Å²) in [6, 6.07) is 0. The zero-order chi connectivity index (χ0) is 21.8. The fourth-order valence-corrected chi connectivity index (χ4v) is 10.3. The van der Waals surface area contributed by atoms with Crippen LogP contribution in [0, 0.1) is 52.3 Å². The minimum absolute atomic E-state index is 0.191. The second kappa shape index (κ2) is 6.93. The Kier molecular flexibility index (Phi) is 4.78. The van der Waals surface area contributed by atoms with Crippen LogP contribution in [0.25, 0.3) is 0 Å². The van der Waals surface area contributed by atoms with Crippen molar-refractivity contribution in [1.82, 2.24) is 0 Å². The maximum Gasteiger partial charge on any atom is 0.171 e. The molecule has 0 amide bonds. The molecule has 0 unspecified atom stereocenters. The van der Waals surface area contributed by atoms with E-state index >= 15 is 0 Å². The van der Waals surface area contributed by atoms with Crippen molar-refractivity contribution in [3.05, 3.63) is 0 Å². The Morgan fingerprint density at radius 2 is 1.58 bits per heavy atom. The number of ether oxygens (including phenoxy) is 2. The molecule has 6 aliphatic rings. The van der Waals surface area contributed by atoms with E-state index in [0.717, 1.165) is 45.1 Å². The second-order valence-electron chi connectivity index (χ2n) is 13.2. The number of rotatable bonds is 0. The van der Waals surface area contributed by atoms with Crippen LogP contribution in [0.15, 0.2) is 0 Å². The van der Waals surface area contributed by atoms with E-state index in [9.17, 15) is 10.2 Å². The molecule has 4 saturated carbocycles. The van der Waals surface area contributed by atoms with Crippen molar-refractivity contribution in [1.29, 1.82) is 0 Å². The summed E-state index contributed by atoms with van der Waals surface area (Å²) in [6.45, 7) is 10.6. The van der Waals surface area contributed by atoms with Crippen molar-refractivity contribution in [3.8, 4) is 0 Å². The summed E-state index contributed by atoms with van der Waals surface area (Å²) >= 11 is 0. The van der Waals surface area contributed by atoms with E-state index in [-0.39, 0.29) is 29.3 Å². The van der Waals surface area contributed by atoms with Crippen LogP contribution < -0.4 is 0 Å². The molecule has 1 spiro atoms. The Labute approximate surface area is 188 Å². The van der Waals surface area contributed by atoms with Crippen molar-refractivity contribution in [2.45, 2.75) is 110 Å². The van der Waals surface area contributed by atoms with Gasteiger partial charge in [-0.05, 0) is 97.7 Å². The molecule has 0 aromatic heterocycles. The van der Waals surface area contributed by atoms with Crippen molar-refractivity contribution in [2.75, 3.05) is 6.61 Å². The Balaban J connectivity index is 1.28. The normalized spacial score (nSPS) is 63.3. The first kappa shape index (κ1) is 21.4. The van der Waals surface area contributed by atoms with Gasteiger partial charge in [0.05, 0.1) is 24.9 Å². The molecule has 0 radical (unpaired) electrons. The summed E-state index contributed by atoms with van der Waals surface area (Å²) in [5.74, 6) is 3.58. The highest BCUT2D eigenvalue weighted by Gasteiger charge is 2.69. The first-order valence-corrected chi connectivity index (χ1v) is 13.4. The smallest absolute Gasteiger partial charge is 0.171 e. The molecule has 4 heteroatoms. The summed E-state index contributed by atoms with van der Waals surface area (Å²) in [4.78, 5) is 0. The van der Waals surface area contributed by atoms with E-state index in [1.54, 1.807) is 0 Å². The third-order valence-corrected chi connectivity index (χ3v) is 11.9. The molecule has 31 heavy (non-hydrogen) atoms. The number of aliphatic hydroxyl groups excluding tert-OH is 2. The first-order chi connectivity index (χ1) is 14.7. The average Bonchev–Trinajstić information content (AvgIpc) is 3.17. The monoisotopic (exact) mass is 432 g/mol. The van der Waals surface area contributed by atoms with Gasteiger partial charge in [0, 0.05) is 12.3 Å². The van der Waals surface area contributed by atoms with Gasteiger partial charge in [-0.15, -0.1) is 0 Å². The number of hydrogen-bond acceptors (Lipinski definition) is 4. The van der Waals surface area contributed by atoms with Gasteiger partial charge in [0.15, 0.2) is 5.79 Å². The van der Waals surface area contributed by atoms with E-state index < -0.39 is 0 Å². The van der Waals surface area contributed by atoms with Gasteiger partial charge in [0.2, 0.25) is 0 Å². The average molecular weight is 433 g/mol. The summed E-state index contributed by atoms with van der Waals surface area (Å²) in [5.41, 5.74) is 0.495. The van der Waals surface area contributed by atoms with Gasteiger partial charge in [-0.1, -0.05) is 27.7 Å². The molecule has 176 valence electrons. The van der Waals surface area contributed by atoms with Crippen LogP contribution in [0.5, 0.6) is 0 Å². The van der Waals surface area contributed by atoms with Crippen molar-refractivity contribution in [2.24, 2.45) is 52.3 Å². The SMILES string of the molecule is C[C@H]1CC[C@@]2(OC1)O[C@H]1C[C@@H]3[C@H]4C[C@H](O)[C@H]5C[C@@H](O)CC[C@]5(C)[C@@H]4CC[C@]3(C)[C@H]1[C@@H]2C. The zero-order valence-electron chi connectivity index (χ0n) is 20.1. The highest BCUT2D eigenvalue weighted by Crippen LogP contribution is 2.71. The van der Waals surface area contributed by atoms with Crippen molar-refractivity contribution in [3.63, 3.8) is 0 Å². The third kappa shape index (κ3) is 2.80. The minimum Gasteiger partial charge on any atom is -0.393 e. The molecule has 0 aromatic carbocycles. The maximum atomic E-state index is 11.2. The lowest BCUT2D eigenvalue weighted by Crippen LogP contribution is -2.58. The molecule has 2 N–H and O–H groups in total. The second-order valence-corrected chi connectivity index (χ2v) is 13.2. The van der Waals surface area contributed by atoms with E-state index in [1.165, 1.54) is 19.3 Å². The number of aliphatic hydroxyl groups is 2. The summed E-state index contributed by atoms with van der Waals surface area (Å²) in [5, 5.41) is 21.5. The third-order valence-electron chi connectivity index (χ3n) is 11.9. The van der Waals surface area contributed by atoms with Gasteiger partial charge in [0.25, 0.3) is 0 Å². The van der Waals surface area contributed by atoms with E-state index in [0.29, 0.717) is 47.0 Å². The molecule has 6 fully saturated rings. The first-order valence-electron chi connectivity index (χ1n) is 13.4. The highest BCUT2D eigenvalue weighted by atomic mass is 16.7. The summed E-state index contributed by atoms with van der Waals surface area (Å²) in [6.07, 6.45) is 9.58. The maximum absolute atomic E-state index is 11.2. The Morgan fingerprint density at radius 3 is 2.32 bits per heavy atom. The predicted molar refractivity (Wildman–Crippen MR) is 119 cm³/mol. The zero-order valence-corrected chi connectivity index (χ0v) is 20.1. The van der Waals surface area contributed by atoms with Crippen LogP contribution in [0.2, 0.25) is 0 Å². The van der Waals surface area contributed by atoms with Gasteiger partial charge in [0.1, 0.15) is 0 Å². The molecular formula is C27H44O4. The fourth-order valence-electron chi connectivity index (χ4n) is 10.3. The Hall–Kier alpha value is -0.160. The van der Waals surface area contributed by atoms with Crippen LogP contribution >= 0.6 is 0 Å². The lowest BCUT2D eigenvalue weighted by Gasteiger charge is -2.62. The van der Waals surface area contributed by atoms with Crippen LogP contribution in [-0.2, 0) is 9.47 Å². The summed E-state index contributed by atoms with van der Waals surface area (Å²) in [7, 11) is 0. The van der Waals surface area contributed by atoms with Gasteiger partial charge >= 0.3 is 0 Å². The molecule has 2 saturated heterocycles. The Bertz CT molecular complexity index is 716. The van der Waals surface area contributed by atoms with Crippen LogP contribution in [0.3, 0.4) is 0 Å². The van der Waals surface area contributed by atoms with Gasteiger partial charge in [-0.3, -0.25) is 0 Å². The molecule has 4 nitrogen and oxygen atoms in total. The van der Waals surface area contributed by atoms with Gasteiger partial charge in [-0.25, -0.2) is 0 Å². The van der Waals surface area contributed by atoms with E-state index in [2.05, 4.69) is 27.7 Å². The molecular weight excluding hydrogens is 388 g/mol. The van der Waals surface area contributed by atoms with Crippen LogP contribution in [-0.4, -0.2) is 40.9 Å². The molecule has 0 aromatic rings. The lowest BCUT2D eigenvalue weighted by molar-refractivity contribution is -0.273. The largest absolute Gasteiger partial charge is 0.393 e. The van der Waals surface area contributed by atoms with Gasteiger partial charge < -0.3 is 19.7 Å². The van der Waals surface area contributed by atoms with Gasteiger partial charge in [-0.2, -0.15) is 0 Å². The lowest BCUT2D eigenvalue weighted by atomic mass is 9.43. The van der Waals surface area contributed by atoms with E-state index in [1.807, 2.05) is 0 Å². The molecule has 2 heterocycles. The molecule has 0 bridgehead atoms. The Morgan fingerprint density at radius 1 is 0.806 bits per heavy atom. The van der Waals surface area contributed by atoms with Crippen molar-refractivity contribution >= 4 is 0 Å². The predicted octanol–water partition coefficient (Wildman–Crippen LogP) is 4.76. The van der Waals surface area contributed by atoms with Crippen LogP contribution in [0.1, 0.15) is 85.5 Å². The standard InChI is InChI=1S/C27H44O4/c1-15-5-10-27(30-14-15)16(2)24-23(31-27)13-20-18-12-22(29)21-11-17(28)6-8-25(21,3)19(18)7-9-26(20,24)4/h15-24,28-29H,5-14H2,1-4H3/t15-,16-,17-,18-,19+,20+,21+,22-,23-,24-,25+,26-,27+/m0/s1. The quantitative estimate of drug-likeness (QED) is 0.579.